The van der Waals surface area contributed by atoms with Crippen molar-refractivity contribution < 1.29 is 9.53 Å². The number of ether oxygens (including phenoxy) is 1. The van der Waals surface area contributed by atoms with Crippen LogP contribution >= 0.6 is 0 Å². The molecule has 0 radical (unpaired) electrons. The predicted octanol–water partition coefficient (Wildman–Crippen LogP) is 1.26. The fourth-order valence-corrected chi connectivity index (χ4v) is 2.11. The molecule has 1 aliphatic rings. The second-order valence-corrected chi connectivity index (χ2v) is 5.34. The molecule has 1 N–H and O–H groups in total. The van der Waals surface area contributed by atoms with E-state index >= 15 is 0 Å². The van der Waals surface area contributed by atoms with Gasteiger partial charge in [0.2, 0.25) is 5.91 Å². The molecule has 100 valence electrons. The van der Waals surface area contributed by atoms with Crippen LogP contribution in [0.4, 0.5) is 0 Å². The lowest BCUT2D eigenvalue weighted by Crippen LogP contribution is -2.52. The van der Waals surface area contributed by atoms with Gasteiger partial charge in [0.05, 0.1) is 13.2 Å². The molecular formula is C13H26N2O2. The number of amides is 1. The number of carbonyl (C=O) groups excluding carboxylic acids is 1. The normalized spacial score (nSPS) is 21.2. The van der Waals surface area contributed by atoms with Crippen molar-refractivity contribution >= 4 is 5.91 Å². The molecule has 0 aliphatic carbocycles. The van der Waals surface area contributed by atoms with Crippen molar-refractivity contribution in [1.82, 2.24) is 10.2 Å². The quantitative estimate of drug-likeness (QED) is 0.789. The smallest absolute Gasteiger partial charge is 0.220 e. The summed E-state index contributed by atoms with van der Waals surface area (Å²) in [5.41, 5.74) is 0. The summed E-state index contributed by atoms with van der Waals surface area (Å²) in [6, 6.07) is 0.564. The van der Waals surface area contributed by atoms with Crippen LogP contribution in [0, 0.1) is 5.92 Å². The summed E-state index contributed by atoms with van der Waals surface area (Å²) < 4.78 is 5.33. The molecular weight excluding hydrogens is 216 g/mol. The van der Waals surface area contributed by atoms with Crippen molar-refractivity contribution in [2.24, 2.45) is 5.92 Å². The van der Waals surface area contributed by atoms with Crippen molar-refractivity contribution in [3.05, 3.63) is 0 Å². The molecule has 1 rings (SSSR count). The molecule has 1 amide bonds. The van der Waals surface area contributed by atoms with Gasteiger partial charge in [-0.2, -0.15) is 0 Å². The maximum Gasteiger partial charge on any atom is 0.220 e. The minimum absolute atomic E-state index is 0.160. The topological polar surface area (TPSA) is 41.6 Å². The number of nitrogens with zero attached hydrogens (tertiary/aromatic N) is 1. The number of hydrogen-bond acceptors (Lipinski definition) is 3. The fraction of sp³-hybridized carbons (Fsp3) is 0.923. The molecule has 2 unspecified atom stereocenters. The van der Waals surface area contributed by atoms with Crippen molar-refractivity contribution in [2.45, 2.75) is 46.2 Å². The van der Waals surface area contributed by atoms with E-state index in [1.54, 1.807) is 0 Å². The second-order valence-electron chi connectivity index (χ2n) is 5.34. The molecule has 0 aromatic heterocycles. The molecule has 2 atom stereocenters. The van der Waals surface area contributed by atoms with Crippen molar-refractivity contribution in [1.29, 1.82) is 0 Å². The first-order valence-electron chi connectivity index (χ1n) is 6.62. The zero-order valence-corrected chi connectivity index (χ0v) is 11.5. The summed E-state index contributed by atoms with van der Waals surface area (Å²) in [7, 11) is 0. The maximum atomic E-state index is 11.7. The Labute approximate surface area is 105 Å². The van der Waals surface area contributed by atoms with E-state index in [-0.39, 0.29) is 11.9 Å². The molecule has 0 aromatic rings. The number of rotatable bonds is 5. The van der Waals surface area contributed by atoms with Crippen molar-refractivity contribution in [3.8, 4) is 0 Å². The highest BCUT2D eigenvalue weighted by Gasteiger charge is 2.23. The third-order valence-electron chi connectivity index (χ3n) is 3.33. The van der Waals surface area contributed by atoms with Gasteiger partial charge in [0.25, 0.3) is 0 Å². The number of nitrogens with one attached hydrogen (secondary N) is 1. The van der Waals surface area contributed by atoms with Crippen LogP contribution in [-0.2, 0) is 9.53 Å². The van der Waals surface area contributed by atoms with Gasteiger partial charge in [-0.15, -0.1) is 0 Å². The number of morpholine rings is 1. The van der Waals surface area contributed by atoms with Gasteiger partial charge in [0, 0.05) is 31.6 Å². The van der Waals surface area contributed by atoms with Crippen LogP contribution in [0.3, 0.4) is 0 Å². The third kappa shape index (κ3) is 5.04. The van der Waals surface area contributed by atoms with Gasteiger partial charge in [-0.25, -0.2) is 0 Å². The lowest BCUT2D eigenvalue weighted by Gasteiger charge is -2.35. The Kier molecular flexibility index (Phi) is 5.92. The van der Waals surface area contributed by atoms with Crippen LogP contribution in [0.25, 0.3) is 0 Å². The second kappa shape index (κ2) is 6.97. The van der Waals surface area contributed by atoms with Gasteiger partial charge in [-0.1, -0.05) is 13.8 Å². The first-order chi connectivity index (χ1) is 8.00. The van der Waals surface area contributed by atoms with E-state index in [0.717, 1.165) is 26.3 Å². The van der Waals surface area contributed by atoms with Gasteiger partial charge in [0.1, 0.15) is 0 Å². The van der Waals surface area contributed by atoms with E-state index in [1.165, 1.54) is 0 Å². The average Bonchev–Trinajstić information content (AvgIpc) is 2.28. The molecule has 4 nitrogen and oxygen atoms in total. The van der Waals surface area contributed by atoms with Gasteiger partial charge >= 0.3 is 0 Å². The summed E-state index contributed by atoms with van der Waals surface area (Å²) in [5, 5.41) is 3.09. The van der Waals surface area contributed by atoms with Crippen LogP contribution in [0.15, 0.2) is 0 Å². The summed E-state index contributed by atoms with van der Waals surface area (Å²) >= 11 is 0. The Hall–Kier alpha value is -0.610. The van der Waals surface area contributed by atoms with Gasteiger partial charge < -0.3 is 10.1 Å². The summed E-state index contributed by atoms with van der Waals surface area (Å²) in [4.78, 5) is 14.1. The highest BCUT2D eigenvalue weighted by molar-refractivity contribution is 5.76. The zero-order chi connectivity index (χ0) is 12.8. The molecule has 0 saturated carbocycles. The SMILES string of the molecule is CC(C)CC(=O)NC(C)C(C)N1CCOCC1. The first-order valence-corrected chi connectivity index (χ1v) is 6.62. The Bertz CT molecular complexity index is 238. The van der Waals surface area contributed by atoms with E-state index in [9.17, 15) is 4.79 Å². The molecule has 4 heteroatoms. The minimum Gasteiger partial charge on any atom is -0.379 e. The first kappa shape index (κ1) is 14.5. The van der Waals surface area contributed by atoms with Crippen molar-refractivity contribution in [2.75, 3.05) is 26.3 Å². The van der Waals surface area contributed by atoms with Crippen molar-refractivity contribution in [3.63, 3.8) is 0 Å². The molecule has 0 aromatic carbocycles. The summed E-state index contributed by atoms with van der Waals surface area (Å²) in [6.45, 7) is 11.9. The lowest BCUT2D eigenvalue weighted by atomic mass is 10.1. The molecule has 1 fully saturated rings. The highest BCUT2D eigenvalue weighted by Crippen LogP contribution is 2.08. The van der Waals surface area contributed by atoms with E-state index in [1.807, 2.05) is 0 Å². The number of carbonyl (C=O) groups is 1. The van der Waals surface area contributed by atoms with Gasteiger partial charge in [0.15, 0.2) is 0 Å². The van der Waals surface area contributed by atoms with E-state index in [2.05, 4.69) is 37.9 Å². The van der Waals surface area contributed by atoms with Crippen LogP contribution < -0.4 is 5.32 Å². The monoisotopic (exact) mass is 242 g/mol. The maximum absolute atomic E-state index is 11.7. The molecule has 1 aliphatic heterocycles. The highest BCUT2D eigenvalue weighted by atomic mass is 16.5. The average molecular weight is 242 g/mol. The molecule has 0 bridgehead atoms. The van der Waals surface area contributed by atoms with Gasteiger partial charge in [-0.3, -0.25) is 9.69 Å². The fourth-order valence-electron chi connectivity index (χ4n) is 2.11. The Morgan fingerprint density at radius 1 is 1.24 bits per heavy atom. The van der Waals surface area contributed by atoms with E-state index in [0.29, 0.717) is 18.4 Å². The molecule has 1 saturated heterocycles. The van der Waals surface area contributed by atoms with Crippen LogP contribution in [0.5, 0.6) is 0 Å². The molecule has 17 heavy (non-hydrogen) atoms. The lowest BCUT2D eigenvalue weighted by molar-refractivity contribution is -0.122. The Morgan fingerprint density at radius 2 is 1.82 bits per heavy atom. The Balaban J connectivity index is 2.34. The largest absolute Gasteiger partial charge is 0.379 e. The minimum atomic E-state index is 0.160. The predicted molar refractivity (Wildman–Crippen MR) is 68.9 cm³/mol. The third-order valence-corrected chi connectivity index (χ3v) is 3.33. The van der Waals surface area contributed by atoms with Crippen LogP contribution in [0.2, 0.25) is 0 Å². The van der Waals surface area contributed by atoms with Crippen LogP contribution in [-0.4, -0.2) is 49.2 Å². The number of hydrogen-bond donors (Lipinski definition) is 1. The van der Waals surface area contributed by atoms with E-state index < -0.39 is 0 Å². The van der Waals surface area contributed by atoms with E-state index in [4.69, 9.17) is 4.74 Å². The molecule has 1 heterocycles. The summed E-state index contributed by atoms with van der Waals surface area (Å²) in [5.74, 6) is 0.577. The molecule has 0 spiro atoms. The Morgan fingerprint density at radius 3 is 2.35 bits per heavy atom. The summed E-state index contributed by atoms with van der Waals surface area (Å²) in [6.07, 6.45) is 0.611. The standard InChI is InChI=1S/C13H26N2O2/c1-10(2)9-13(16)14-11(3)12(4)15-5-7-17-8-6-15/h10-12H,5-9H2,1-4H3,(H,14,16). The van der Waals surface area contributed by atoms with Gasteiger partial charge in [-0.05, 0) is 19.8 Å². The van der Waals surface area contributed by atoms with Crippen LogP contribution in [0.1, 0.15) is 34.1 Å². The zero-order valence-electron chi connectivity index (χ0n) is 11.5.